The standard InChI is InChI=1S/C26H21N3OS/c1-4-6-12-19(17(3)30)24-27-25(29-26(28-24)31-5-2)23-16-18-11-7-8-13-20(18)21-14-9-10-15-22(21)23/h1,6-16,30H,5H2,2-3H3/b12-6-,19-17-. The van der Waals surface area contributed by atoms with E-state index in [0.717, 1.165) is 27.5 Å². The molecule has 0 saturated heterocycles. The molecule has 0 aliphatic rings. The second-order valence-electron chi connectivity index (χ2n) is 6.89. The van der Waals surface area contributed by atoms with Gasteiger partial charge in [0.2, 0.25) is 0 Å². The fourth-order valence-corrected chi connectivity index (χ4v) is 4.08. The van der Waals surface area contributed by atoms with Gasteiger partial charge in [0.15, 0.2) is 16.8 Å². The summed E-state index contributed by atoms with van der Waals surface area (Å²) in [6.07, 6.45) is 8.54. The molecule has 0 aliphatic heterocycles. The molecule has 0 radical (unpaired) electrons. The smallest absolute Gasteiger partial charge is 0.191 e. The molecular weight excluding hydrogens is 402 g/mol. The quantitative estimate of drug-likeness (QED) is 0.132. The van der Waals surface area contributed by atoms with E-state index in [9.17, 15) is 5.11 Å². The third kappa shape index (κ3) is 4.16. The van der Waals surface area contributed by atoms with Crippen LogP contribution in [0.1, 0.15) is 19.7 Å². The van der Waals surface area contributed by atoms with Gasteiger partial charge in [0, 0.05) is 5.56 Å². The predicted octanol–water partition coefficient (Wildman–Crippen LogP) is 6.44. The number of aliphatic hydroxyl groups is 1. The molecule has 1 N–H and O–H groups in total. The van der Waals surface area contributed by atoms with E-state index < -0.39 is 0 Å². The maximum absolute atomic E-state index is 10.2. The fraction of sp³-hybridized carbons (Fsp3) is 0.115. The van der Waals surface area contributed by atoms with E-state index in [4.69, 9.17) is 16.4 Å². The minimum absolute atomic E-state index is 0.0967. The summed E-state index contributed by atoms with van der Waals surface area (Å²) in [7, 11) is 0. The van der Waals surface area contributed by atoms with Crippen molar-refractivity contribution in [3.63, 3.8) is 0 Å². The topological polar surface area (TPSA) is 58.9 Å². The zero-order valence-electron chi connectivity index (χ0n) is 17.3. The van der Waals surface area contributed by atoms with E-state index in [1.54, 1.807) is 13.0 Å². The molecule has 3 aromatic carbocycles. The molecule has 0 aliphatic carbocycles. The van der Waals surface area contributed by atoms with Crippen molar-refractivity contribution < 1.29 is 5.11 Å². The lowest BCUT2D eigenvalue weighted by Gasteiger charge is -2.12. The van der Waals surface area contributed by atoms with Crippen LogP contribution in [0.5, 0.6) is 0 Å². The van der Waals surface area contributed by atoms with Crippen molar-refractivity contribution in [1.29, 1.82) is 0 Å². The van der Waals surface area contributed by atoms with Crippen LogP contribution in [0.3, 0.4) is 0 Å². The molecule has 0 saturated carbocycles. The molecule has 0 fully saturated rings. The number of aliphatic hydroxyl groups excluding tert-OH is 1. The minimum atomic E-state index is 0.0967. The first-order valence-electron chi connectivity index (χ1n) is 9.95. The van der Waals surface area contributed by atoms with Gasteiger partial charge in [-0.25, -0.2) is 15.0 Å². The number of allylic oxidation sites excluding steroid dienone is 4. The third-order valence-electron chi connectivity index (χ3n) is 4.87. The van der Waals surface area contributed by atoms with Gasteiger partial charge in [0.1, 0.15) is 5.76 Å². The summed E-state index contributed by atoms with van der Waals surface area (Å²) in [6.45, 7) is 3.64. The van der Waals surface area contributed by atoms with Gasteiger partial charge in [0.05, 0.1) is 5.57 Å². The molecule has 0 bridgehead atoms. The monoisotopic (exact) mass is 423 g/mol. The van der Waals surface area contributed by atoms with Crippen LogP contribution >= 0.6 is 11.8 Å². The van der Waals surface area contributed by atoms with Crippen LogP contribution in [0.15, 0.2) is 77.7 Å². The highest BCUT2D eigenvalue weighted by Crippen LogP contribution is 2.34. The largest absolute Gasteiger partial charge is 0.512 e. The Morgan fingerprint density at radius 2 is 1.74 bits per heavy atom. The second-order valence-corrected chi connectivity index (χ2v) is 8.12. The van der Waals surface area contributed by atoms with Crippen molar-refractivity contribution in [2.45, 2.75) is 19.0 Å². The minimum Gasteiger partial charge on any atom is -0.512 e. The van der Waals surface area contributed by atoms with E-state index in [-0.39, 0.29) is 5.76 Å². The highest BCUT2D eigenvalue weighted by Gasteiger charge is 2.16. The van der Waals surface area contributed by atoms with Gasteiger partial charge in [-0.2, -0.15) is 0 Å². The van der Waals surface area contributed by atoms with Gasteiger partial charge < -0.3 is 5.11 Å². The molecule has 4 aromatic rings. The van der Waals surface area contributed by atoms with Gasteiger partial charge in [-0.15, -0.1) is 6.42 Å². The average Bonchev–Trinajstić information content (AvgIpc) is 2.79. The van der Waals surface area contributed by atoms with Crippen LogP contribution < -0.4 is 0 Å². The molecule has 0 spiro atoms. The van der Waals surface area contributed by atoms with Crippen LogP contribution in [0, 0.1) is 12.3 Å². The Balaban J connectivity index is 2.03. The summed E-state index contributed by atoms with van der Waals surface area (Å²) in [5.74, 6) is 4.32. The maximum atomic E-state index is 10.2. The molecule has 152 valence electrons. The zero-order chi connectivity index (χ0) is 21.8. The second kappa shape index (κ2) is 9.03. The van der Waals surface area contributed by atoms with Crippen molar-refractivity contribution in [2.75, 3.05) is 5.75 Å². The molecule has 0 atom stereocenters. The number of nitrogens with zero attached hydrogens (tertiary/aromatic N) is 3. The summed E-state index contributed by atoms with van der Waals surface area (Å²) in [5.41, 5.74) is 1.40. The van der Waals surface area contributed by atoms with Crippen molar-refractivity contribution in [3.05, 3.63) is 78.3 Å². The molecular formula is C26H21N3OS. The van der Waals surface area contributed by atoms with Crippen LogP contribution in [0.25, 0.3) is 38.5 Å². The number of thioether (sulfide) groups is 1. The number of hydrogen-bond acceptors (Lipinski definition) is 5. The normalized spacial score (nSPS) is 12.3. The average molecular weight is 424 g/mol. The Morgan fingerprint density at radius 1 is 1.03 bits per heavy atom. The molecule has 5 heteroatoms. The number of aromatic nitrogens is 3. The van der Waals surface area contributed by atoms with Gasteiger partial charge in [-0.3, -0.25) is 0 Å². The van der Waals surface area contributed by atoms with Crippen molar-refractivity contribution in [3.8, 4) is 23.7 Å². The number of hydrogen-bond donors (Lipinski definition) is 1. The van der Waals surface area contributed by atoms with Gasteiger partial charge in [0.25, 0.3) is 0 Å². The summed E-state index contributed by atoms with van der Waals surface area (Å²) in [4.78, 5) is 14.1. The SMILES string of the molecule is C#C/C=C\C(=C(/C)O)c1nc(SCC)nc(-c2cc3ccccc3c3ccccc23)n1. The first-order chi connectivity index (χ1) is 15.1. The Labute approximate surface area is 185 Å². The van der Waals surface area contributed by atoms with E-state index in [0.29, 0.717) is 22.4 Å². The van der Waals surface area contributed by atoms with Crippen molar-refractivity contribution in [2.24, 2.45) is 0 Å². The molecule has 1 heterocycles. The molecule has 4 nitrogen and oxygen atoms in total. The predicted molar refractivity (Wildman–Crippen MR) is 130 cm³/mol. The fourth-order valence-electron chi connectivity index (χ4n) is 3.52. The third-order valence-corrected chi connectivity index (χ3v) is 5.60. The summed E-state index contributed by atoms with van der Waals surface area (Å²) in [5, 5.41) is 15.4. The molecule has 4 rings (SSSR count). The zero-order valence-corrected chi connectivity index (χ0v) is 18.1. The first-order valence-corrected chi connectivity index (χ1v) is 10.9. The highest BCUT2D eigenvalue weighted by molar-refractivity contribution is 7.99. The lowest BCUT2D eigenvalue weighted by atomic mass is 9.97. The molecule has 31 heavy (non-hydrogen) atoms. The molecule has 1 aromatic heterocycles. The number of rotatable bonds is 5. The lowest BCUT2D eigenvalue weighted by molar-refractivity contribution is 0.417. The van der Waals surface area contributed by atoms with Gasteiger partial charge in [-0.05, 0) is 52.4 Å². The van der Waals surface area contributed by atoms with E-state index in [2.05, 4.69) is 41.2 Å². The summed E-state index contributed by atoms with van der Waals surface area (Å²) in [6, 6.07) is 18.7. The van der Waals surface area contributed by atoms with Crippen LogP contribution in [0.4, 0.5) is 0 Å². The molecule has 0 unspecified atom stereocenters. The number of fused-ring (bicyclic) bond motifs is 3. The van der Waals surface area contributed by atoms with Crippen LogP contribution in [-0.4, -0.2) is 25.8 Å². The maximum Gasteiger partial charge on any atom is 0.191 e. The lowest BCUT2D eigenvalue weighted by Crippen LogP contribution is -2.03. The Hall–Kier alpha value is -3.62. The summed E-state index contributed by atoms with van der Waals surface area (Å²) < 4.78 is 0. The van der Waals surface area contributed by atoms with Crippen LogP contribution in [0.2, 0.25) is 0 Å². The Kier molecular flexibility index (Phi) is 6.01. The van der Waals surface area contributed by atoms with E-state index in [1.807, 2.05) is 31.2 Å². The highest BCUT2D eigenvalue weighted by atomic mass is 32.2. The van der Waals surface area contributed by atoms with Crippen molar-refractivity contribution in [1.82, 2.24) is 15.0 Å². The van der Waals surface area contributed by atoms with E-state index >= 15 is 0 Å². The van der Waals surface area contributed by atoms with Gasteiger partial charge in [-0.1, -0.05) is 73.1 Å². The Bertz CT molecular complexity index is 1380. The summed E-state index contributed by atoms with van der Waals surface area (Å²) >= 11 is 1.53. The first kappa shape index (κ1) is 20.6. The Morgan fingerprint density at radius 3 is 2.45 bits per heavy atom. The van der Waals surface area contributed by atoms with Crippen LogP contribution in [-0.2, 0) is 0 Å². The molecule has 0 amide bonds. The van der Waals surface area contributed by atoms with Crippen molar-refractivity contribution >= 4 is 38.9 Å². The number of terminal acetylenes is 1. The van der Waals surface area contributed by atoms with Gasteiger partial charge >= 0.3 is 0 Å². The van der Waals surface area contributed by atoms with E-state index in [1.165, 1.54) is 23.2 Å². The number of benzene rings is 3.